The molecule has 3 nitrogen and oxygen atoms in total. The number of nitrogens with one attached hydrogen (secondary N) is 1. The normalized spacial score (nSPS) is 11.6. The van der Waals surface area contributed by atoms with E-state index in [0.29, 0.717) is 0 Å². The highest BCUT2D eigenvalue weighted by Gasteiger charge is 2.02. The first-order valence-electron chi connectivity index (χ1n) is 3.95. The average molecular weight is 234 g/mol. The second kappa shape index (κ2) is 5.20. The minimum Gasteiger partial charge on any atom is -0.356 e. The third-order valence-corrected chi connectivity index (χ3v) is 1.94. The van der Waals surface area contributed by atoms with Crippen LogP contribution in [0.4, 0.5) is 0 Å². The lowest BCUT2D eigenvalue weighted by Crippen LogP contribution is -2.04. The number of H-pyrrole nitrogens is 1. The van der Waals surface area contributed by atoms with Gasteiger partial charge in [0.15, 0.2) is 0 Å². The predicted molar refractivity (Wildman–Crippen MR) is 63.2 cm³/mol. The highest BCUT2D eigenvalue weighted by Crippen LogP contribution is 2.16. The van der Waals surface area contributed by atoms with Crippen molar-refractivity contribution in [2.45, 2.75) is 13.0 Å². The Kier molecular flexibility index (Phi) is 4.91. The van der Waals surface area contributed by atoms with Gasteiger partial charge in [-0.15, -0.1) is 24.8 Å². The minimum absolute atomic E-state index is 0. The van der Waals surface area contributed by atoms with E-state index in [1.807, 2.05) is 13.0 Å². The van der Waals surface area contributed by atoms with Gasteiger partial charge in [-0.05, 0) is 19.1 Å². The second-order valence-corrected chi connectivity index (χ2v) is 2.98. The number of pyridine rings is 1. The van der Waals surface area contributed by atoms with Crippen LogP contribution in [0.25, 0.3) is 10.9 Å². The molecule has 5 heteroatoms. The molecule has 0 spiro atoms. The molecule has 3 N–H and O–H groups in total. The van der Waals surface area contributed by atoms with Crippen LogP contribution in [0.2, 0.25) is 0 Å². The average Bonchev–Trinajstić information content (AvgIpc) is 2.46. The van der Waals surface area contributed by atoms with Gasteiger partial charge in [-0.3, -0.25) is 4.98 Å². The number of hydrogen-bond donors (Lipinski definition) is 2. The number of hydrogen-bond acceptors (Lipinski definition) is 2. The molecule has 0 radical (unpaired) electrons. The van der Waals surface area contributed by atoms with Gasteiger partial charge in [0.25, 0.3) is 0 Å². The lowest BCUT2D eigenvalue weighted by molar-refractivity contribution is 0.792. The van der Waals surface area contributed by atoms with Crippen LogP contribution < -0.4 is 5.73 Å². The number of halogens is 2. The van der Waals surface area contributed by atoms with Crippen molar-refractivity contribution in [3.63, 3.8) is 0 Å². The maximum Gasteiger partial charge on any atom is 0.0642 e. The smallest absolute Gasteiger partial charge is 0.0642 e. The van der Waals surface area contributed by atoms with Crippen LogP contribution >= 0.6 is 24.8 Å². The summed E-state index contributed by atoms with van der Waals surface area (Å²) < 4.78 is 0. The summed E-state index contributed by atoms with van der Waals surface area (Å²) in [7, 11) is 0. The summed E-state index contributed by atoms with van der Waals surface area (Å²) in [6, 6.07) is 4.08. The van der Waals surface area contributed by atoms with Crippen LogP contribution in [-0.4, -0.2) is 9.97 Å². The molecule has 2 heterocycles. The highest BCUT2D eigenvalue weighted by molar-refractivity contribution is 5.85. The molecule has 0 aromatic carbocycles. The van der Waals surface area contributed by atoms with Gasteiger partial charge in [-0.2, -0.15) is 0 Å². The number of nitrogens with two attached hydrogens (primary N) is 1. The van der Waals surface area contributed by atoms with Gasteiger partial charge in [0.1, 0.15) is 0 Å². The van der Waals surface area contributed by atoms with E-state index in [4.69, 9.17) is 5.73 Å². The molecule has 2 aromatic rings. The lowest BCUT2D eigenvalue weighted by atomic mass is 10.2. The molecular weight excluding hydrogens is 221 g/mol. The zero-order valence-electron chi connectivity index (χ0n) is 7.73. The van der Waals surface area contributed by atoms with E-state index in [-0.39, 0.29) is 30.9 Å². The molecule has 0 saturated carbocycles. The molecule has 2 aromatic heterocycles. The molecule has 78 valence electrons. The Morgan fingerprint density at radius 1 is 1.43 bits per heavy atom. The monoisotopic (exact) mass is 233 g/mol. The first-order valence-corrected chi connectivity index (χ1v) is 3.95. The molecule has 0 bridgehead atoms. The third kappa shape index (κ3) is 2.38. The van der Waals surface area contributed by atoms with Gasteiger partial charge in [-0.25, -0.2) is 0 Å². The molecule has 0 aliphatic rings. The van der Waals surface area contributed by atoms with Gasteiger partial charge >= 0.3 is 0 Å². The SMILES string of the molecule is CC(N)c1cc2ccncc2[nH]1.Cl.Cl. The Hall–Kier alpha value is -0.770. The Labute approximate surface area is 94.9 Å². The van der Waals surface area contributed by atoms with Crippen molar-refractivity contribution in [2.24, 2.45) is 5.73 Å². The zero-order chi connectivity index (χ0) is 8.55. The van der Waals surface area contributed by atoms with Crippen LogP contribution in [0.1, 0.15) is 18.7 Å². The third-order valence-electron chi connectivity index (χ3n) is 1.94. The van der Waals surface area contributed by atoms with E-state index in [1.165, 1.54) is 0 Å². The van der Waals surface area contributed by atoms with E-state index < -0.39 is 0 Å². The van der Waals surface area contributed by atoms with Crippen molar-refractivity contribution in [3.8, 4) is 0 Å². The van der Waals surface area contributed by atoms with Gasteiger partial charge in [-0.1, -0.05) is 0 Å². The topological polar surface area (TPSA) is 54.7 Å². The van der Waals surface area contributed by atoms with Crippen molar-refractivity contribution < 1.29 is 0 Å². The quantitative estimate of drug-likeness (QED) is 0.796. The maximum absolute atomic E-state index is 5.73. The summed E-state index contributed by atoms with van der Waals surface area (Å²) in [4.78, 5) is 7.22. The molecule has 0 aliphatic heterocycles. The number of nitrogens with zero attached hydrogens (tertiary/aromatic N) is 1. The summed E-state index contributed by atoms with van der Waals surface area (Å²) in [6.45, 7) is 1.96. The summed E-state index contributed by atoms with van der Waals surface area (Å²) in [6.07, 6.45) is 3.59. The standard InChI is InChI=1S/C9H11N3.2ClH/c1-6(10)8-4-7-2-3-11-5-9(7)12-8;;/h2-6,12H,10H2,1H3;2*1H. The molecule has 14 heavy (non-hydrogen) atoms. The van der Waals surface area contributed by atoms with E-state index in [2.05, 4.69) is 16.0 Å². The van der Waals surface area contributed by atoms with Gasteiger partial charge in [0, 0.05) is 23.3 Å². The van der Waals surface area contributed by atoms with E-state index in [9.17, 15) is 0 Å². The number of aromatic nitrogens is 2. The second-order valence-electron chi connectivity index (χ2n) is 2.98. The molecule has 0 aliphatic carbocycles. The summed E-state index contributed by atoms with van der Waals surface area (Å²) in [5, 5.41) is 1.16. The summed E-state index contributed by atoms with van der Waals surface area (Å²) >= 11 is 0. The number of aromatic amines is 1. The lowest BCUT2D eigenvalue weighted by Gasteiger charge is -1.98. The first kappa shape index (κ1) is 13.2. The molecule has 1 unspecified atom stereocenters. The highest BCUT2D eigenvalue weighted by atomic mass is 35.5. The largest absolute Gasteiger partial charge is 0.356 e. The Bertz CT molecular complexity index is 365. The van der Waals surface area contributed by atoms with Crippen LogP contribution in [0.3, 0.4) is 0 Å². The van der Waals surface area contributed by atoms with E-state index >= 15 is 0 Å². The summed E-state index contributed by atoms with van der Waals surface area (Å²) in [5.41, 5.74) is 7.83. The van der Waals surface area contributed by atoms with E-state index in [0.717, 1.165) is 16.6 Å². The minimum atomic E-state index is 0. The van der Waals surface area contributed by atoms with Gasteiger partial charge in [0.2, 0.25) is 0 Å². The Morgan fingerprint density at radius 2 is 2.14 bits per heavy atom. The van der Waals surface area contributed by atoms with Gasteiger partial charge < -0.3 is 10.7 Å². The molecule has 0 amide bonds. The fourth-order valence-electron chi connectivity index (χ4n) is 1.24. The first-order chi connectivity index (χ1) is 5.77. The van der Waals surface area contributed by atoms with E-state index in [1.54, 1.807) is 12.4 Å². The summed E-state index contributed by atoms with van der Waals surface area (Å²) in [5.74, 6) is 0. The van der Waals surface area contributed by atoms with Crippen LogP contribution in [0.5, 0.6) is 0 Å². The maximum atomic E-state index is 5.73. The molecule has 2 rings (SSSR count). The molecule has 0 fully saturated rings. The van der Waals surface area contributed by atoms with Crippen molar-refractivity contribution in [2.75, 3.05) is 0 Å². The fourth-order valence-corrected chi connectivity index (χ4v) is 1.24. The molecule has 0 saturated heterocycles. The Morgan fingerprint density at radius 3 is 2.71 bits per heavy atom. The van der Waals surface area contributed by atoms with Crippen LogP contribution in [-0.2, 0) is 0 Å². The molecular formula is C9H13Cl2N3. The number of rotatable bonds is 1. The van der Waals surface area contributed by atoms with Gasteiger partial charge in [0.05, 0.1) is 11.7 Å². The van der Waals surface area contributed by atoms with Crippen molar-refractivity contribution in [1.82, 2.24) is 9.97 Å². The predicted octanol–water partition coefficient (Wildman–Crippen LogP) is 2.43. The van der Waals surface area contributed by atoms with Crippen molar-refractivity contribution in [3.05, 3.63) is 30.2 Å². The number of fused-ring (bicyclic) bond motifs is 1. The zero-order valence-corrected chi connectivity index (χ0v) is 9.36. The van der Waals surface area contributed by atoms with Crippen LogP contribution in [0, 0.1) is 0 Å². The van der Waals surface area contributed by atoms with Crippen molar-refractivity contribution >= 4 is 35.7 Å². The Balaban J connectivity index is 0.000000845. The van der Waals surface area contributed by atoms with Crippen molar-refractivity contribution in [1.29, 1.82) is 0 Å². The molecule has 1 atom stereocenters. The van der Waals surface area contributed by atoms with Crippen LogP contribution in [0.15, 0.2) is 24.5 Å². The fraction of sp³-hybridized carbons (Fsp3) is 0.222.